The maximum Gasteiger partial charge on any atom is 0.0477 e. The lowest BCUT2D eigenvalue weighted by atomic mass is 9.99. The maximum atomic E-state index is 5.33. The van der Waals surface area contributed by atoms with E-state index in [2.05, 4.69) is 35.5 Å². The molecule has 0 fully saturated rings. The first-order chi connectivity index (χ1) is 9.31. The highest BCUT2D eigenvalue weighted by atomic mass is 16.5. The van der Waals surface area contributed by atoms with Gasteiger partial charge in [0.1, 0.15) is 0 Å². The van der Waals surface area contributed by atoms with Gasteiger partial charge in [-0.3, -0.25) is 0 Å². The summed E-state index contributed by atoms with van der Waals surface area (Å²) in [6.45, 7) is 6.89. The van der Waals surface area contributed by atoms with Gasteiger partial charge in [-0.25, -0.2) is 0 Å². The number of nitrogens with zero attached hydrogens (tertiary/aromatic N) is 1. The Balaban J connectivity index is 1.78. The Morgan fingerprint density at radius 2 is 2.26 bits per heavy atom. The Morgan fingerprint density at radius 3 is 3.11 bits per heavy atom. The highest BCUT2D eigenvalue weighted by Crippen LogP contribution is 2.26. The van der Waals surface area contributed by atoms with Crippen molar-refractivity contribution in [2.45, 2.75) is 32.7 Å². The topological polar surface area (TPSA) is 24.5 Å². The first-order valence-electron chi connectivity index (χ1n) is 7.42. The van der Waals surface area contributed by atoms with E-state index in [1.165, 1.54) is 36.2 Å². The lowest BCUT2D eigenvalue weighted by molar-refractivity contribution is 0.144. The molecular weight excluding hydrogens is 236 g/mol. The molecule has 1 aliphatic heterocycles. The highest BCUT2D eigenvalue weighted by Gasteiger charge is 2.13. The quantitative estimate of drug-likeness (QED) is 0.764. The fourth-order valence-electron chi connectivity index (χ4n) is 2.62. The predicted octanol–water partition coefficient (Wildman–Crippen LogP) is 2.59. The van der Waals surface area contributed by atoms with E-state index in [0.29, 0.717) is 0 Å². The fraction of sp³-hybridized carbons (Fsp3) is 0.625. The number of anilines is 1. The second kappa shape index (κ2) is 7.51. The van der Waals surface area contributed by atoms with Crippen molar-refractivity contribution in [1.29, 1.82) is 0 Å². The van der Waals surface area contributed by atoms with Crippen molar-refractivity contribution in [2.75, 3.05) is 38.3 Å². The van der Waals surface area contributed by atoms with Gasteiger partial charge in [0.2, 0.25) is 0 Å². The van der Waals surface area contributed by atoms with E-state index >= 15 is 0 Å². The molecule has 1 N–H and O–H groups in total. The molecule has 0 aromatic heterocycles. The lowest BCUT2D eigenvalue weighted by Gasteiger charge is -2.27. The van der Waals surface area contributed by atoms with E-state index in [-0.39, 0.29) is 0 Å². The van der Waals surface area contributed by atoms with Crippen molar-refractivity contribution in [3.8, 4) is 0 Å². The zero-order valence-electron chi connectivity index (χ0n) is 12.2. The molecule has 0 bridgehead atoms. The summed E-state index contributed by atoms with van der Waals surface area (Å²) in [4.78, 5) is 2.36. The summed E-state index contributed by atoms with van der Waals surface area (Å²) in [7, 11) is 2.18. The predicted molar refractivity (Wildman–Crippen MR) is 80.8 cm³/mol. The van der Waals surface area contributed by atoms with Gasteiger partial charge in [-0.05, 0) is 49.9 Å². The van der Waals surface area contributed by atoms with Crippen molar-refractivity contribution in [3.05, 3.63) is 29.3 Å². The van der Waals surface area contributed by atoms with Crippen LogP contribution in [0.4, 0.5) is 5.69 Å². The minimum absolute atomic E-state index is 0.818. The summed E-state index contributed by atoms with van der Waals surface area (Å²) >= 11 is 0. The van der Waals surface area contributed by atoms with Gasteiger partial charge in [0.25, 0.3) is 0 Å². The summed E-state index contributed by atoms with van der Waals surface area (Å²) in [5.74, 6) is 0. The number of hydrogen-bond acceptors (Lipinski definition) is 3. The second-order valence-electron chi connectivity index (χ2n) is 5.22. The van der Waals surface area contributed by atoms with Crippen LogP contribution in [0.3, 0.4) is 0 Å². The summed E-state index contributed by atoms with van der Waals surface area (Å²) < 4.78 is 5.33. The third kappa shape index (κ3) is 4.22. The van der Waals surface area contributed by atoms with E-state index in [1.807, 2.05) is 6.92 Å². The lowest BCUT2D eigenvalue weighted by Crippen LogP contribution is -2.25. The zero-order chi connectivity index (χ0) is 13.5. The molecule has 0 saturated heterocycles. The van der Waals surface area contributed by atoms with E-state index in [1.54, 1.807) is 0 Å². The number of rotatable bonds is 7. The Bertz CT molecular complexity index is 392. The van der Waals surface area contributed by atoms with Crippen molar-refractivity contribution in [3.63, 3.8) is 0 Å². The average Bonchev–Trinajstić information content (AvgIpc) is 2.43. The minimum Gasteiger partial charge on any atom is -0.382 e. The van der Waals surface area contributed by atoms with Crippen LogP contribution in [0.1, 0.15) is 30.9 Å². The van der Waals surface area contributed by atoms with Gasteiger partial charge >= 0.3 is 0 Å². The minimum atomic E-state index is 0.818. The Hall–Kier alpha value is -1.06. The summed E-state index contributed by atoms with van der Waals surface area (Å²) in [5, 5.41) is 3.48. The number of hydrogen-bond donors (Lipinski definition) is 1. The number of aryl methyl sites for hydroxylation is 1. The monoisotopic (exact) mass is 262 g/mol. The Labute approximate surface area is 116 Å². The molecule has 1 heterocycles. The molecule has 19 heavy (non-hydrogen) atoms. The van der Waals surface area contributed by atoms with Gasteiger partial charge in [-0.2, -0.15) is 0 Å². The van der Waals surface area contributed by atoms with Gasteiger partial charge in [-0.1, -0.05) is 12.1 Å². The van der Waals surface area contributed by atoms with Crippen molar-refractivity contribution in [2.24, 2.45) is 0 Å². The first-order valence-corrected chi connectivity index (χ1v) is 7.42. The number of nitrogens with one attached hydrogen (secondary N) is 1. The van der Waals surface area contributed by atoms with Crippen LogP contribution >= 0.6 is 0 Å². The molecule has 0 radical (unpaired) electrons. The van der Waals surface area contributed by atoms with Gasteiger partial charge < -0.3 is 15.0 Å². The van der Waals surface area contributed by atoms with Crippen LogP contribution in [0.5, 0.6) is 0 Å². The third-order valence-corrected chi connectivity index (χ3v) is 3.67. The zero-order valence-corrected chi connectivity index (χ0v) is 12.2. The highest BCUT2D eigenvalue weighted by molar-refractivity contribution is 5.56. The molecule has 3 heteroatoms. The Morgan fingerprint density at radius 1 is 1.37 bits per heavy atom. The normalized spacial score (nSPS) is 14.5. The second-order valence-corrected chi connectivity index (χ2v) is 5.22. The van der Waals surface area contributed by atoms with Crippen LogP contribution in [0, 0.1) is 0 Å². The van der Waals surface area contributed by atoms with Crippen LogP contribution in [0.25, 0.3) is 0 Å². The van der Waals surface area contributed by atoms with Gasteiger partial charge in [-0.15, -0.1) is 0 Å². The van der Waals surface area contributed by atoms with E-state index in [4.69, 9.17) is 4.74 Å². The van der Waals surface area contributed by atoms with Crippen LogP contribution in [-0.4, -0.2) is 33.4 Å². The van der Waals surface area contributed by atoms with Gasteiger partial charge in [0.15, 0.2) is 0 Å². The average molecular weight is 262 g/mol. The molecule has 0 spiro atoms. The first kappa shape index (κ1) is 14.4. The van der Waals surface area contributed by atoms with Crippen molar-refractivity contribution in [1.82, 2.24) is 5.32 Å². The summed E-state index contributed by atoms with van der Waals surface area (Å²) in [6.07, 6.45) is 3.58. The number of ether oxygens (including phenoxy) is 1. The largest absolute Gasteiger partial charge is 0.382 e. The van der Waals surface area contributed by atoms with Crippen LogP contribution in [-0.2, 0) is 17.7 Å². The van der Waals surface area contributed by atoms with Crippen molar-refractivity contribution >= 4 is 5.69 Å². The molecule has 0 atom stereocenters. The molecule has 0 amide bonds. The van der Waals surface area contributed by atoms with Crippen LogP contribution < -0.4 is 10.2 Å². The van der Waals surface area contributed by atoms with E-state index < -0.39 is 0 Å². The molecule has 1 aromatic carbocycles. The smallest absolute Gasteiger partial charge is 0.0477 e. The molecule has 1 aliphatic rings. The Kier molecular flexibility index (Phi) is 5.67. The van der Waals surface area contributed by atoms with Gasteiger partial charge in [0, 0.05) is 39.0 Å². The fourth-order valence-corrected chi connectivity index (χ4v) is 2.62. The molecule has 1 aromatic rings. The molecule has 2 rings (SSSR count). The molecule has 0 unspecified atom stereocenters. The molecule has 0 aliphatic carbocycles. The maximum absolute atomic E-state index is 5.33. The van der Waals surface area contributed by atoms with Crippen molar-refractivity contribution < 1.29 is 4.74 Å². The third-order valence-electron chi connectivity index (χ3n) is 3.67. The van der Waals surface area contributed by atoms with Crippen LogP contribution in [0.15, 0.2) is 18.2 Å². The van der Waals surface area contributed by atoms with E-state index in [9.17, 15) is 0 Å². The van der Waals surface area contributed by atoms with Crippen LogP contribution in [0.2, 0.25) is 0 Å². The molecule has 0 saturated carbocycles. The molecule has 3 nitrogen and oxygen atoms in total. The summed E-state index contributed by atoms with van der Waals surface area (Å²) in [6, 6.07) is 6.88. The number of benzene rings is 1. The molecule has 106 valence electrons. The SMILES string of the molecule is CCOCCCNCc1ccc2c(c1)CCCN2C. The van der Waals surface area contributed by atoms with E-state index in [0.717, 1.165) is 32.7 Å². The standard InChI is InChI=1S/C16H26N2O/c1-3-19-11-5-9-17-13-14-7-8-16-15(12-14)6-4-10-18(16)2/h7-8,12,17H,3-6,9-11,13H2,1-2H3. The van der Waals surface area contributed by atoms with Gasteiger partial charge in [0.05, 0.1) is 0 Å². The molecular formula is C16H26N2O. The summed E-state index contributed by atoms with van der Waals surface area (Å²) in [5.41, 5.74) is 4.30. The number of fused-ring (bicyclic) bond motifs is 1.